The lowest BCUT2D eigenvalue weighted by Gasteiger charge is -2.30. The van der Waals surface area contributed by atoms with Crippen molar-refractivity contribution in [1.29, 1.82) is 0 Å². The van der Waals surface area contributed by atoms with Gasteiger partial charge < -0.3 is 14.9 Å². The molecule has 0 spiro atoms. The van der Waals surface area contributed by atoms with Crippen LogP contribution in [0.5, 0.6) is 0 Å². The van der Waals surface area contributed by atoms with Crippen LogP contribution in [0.4, 0.5) is 4.79 Å². The molecule has 4 amide bonds. The van der Waals surface area contributed by atoms with Gasteiger partial charge in [0.1, 0.15) is 13.1 Å². The van der Waals surface area contributed by atoms with Crippen molar-refractivity contribution in [2.45, 2.75) is 26.2 Å². The summed E-state index contributed by atoms with van der Waals surface area (Å²) in [6.45, 7) is 2.02. The van der Waals surface area contributed by atoms with Crippen molar-refractivity contribution in [3.63, 3.8) is 0 Å². The second-order valence-corrected chi connectivity index (χ2v) is 5.62. The topological polar surface area (TPSA) is 107 Å². The lowest BCUT2D eigenvalue weighted by molar-refractivity contribution is -0.148. The van der Waals surface area contributed by atoms with E-state index in [2.05, 4.69) is 5.32 Å². The van der Waals surface area contributed by atoms with Gasteiger partial charge in [0, 0.05) is 13.1 Å². The molecule has 2 fully saturated rings. The maximum Gasteiger partial charge on any atom is 0.320 e. The van der Waals surface area contributed by atoms with Gasteiger partial charge >= 0.3 is 12.0 Å². The van der Waals surface area contributed by atoms with Crippen molar-refractivity contribution in [3.05, 3.63) is 0 Å². The quantitative estimate of drug-likeness (QED) is 0.692. The van der Waals surface area contributed by atoms with E-state index in [1.165, 1.54) is 4.90 Å². The number of carboxylic acids is 1. The maximum atomic E-state index is 12.3. The number of piperazine rings is 1. The Morgan fingerprint density at radius 1 is 1.24 bits per heavy atom. The van der Waals surface area contributed by atoms with E-state index in [1.807, 2.05) is 6.92 Å². The zero-order valence-electron chi connectivity index (χ0n) is 11.9. The number of rotatable bonds is 3. The van der Waals surface area contributed by atoms with E-state index in [1.54, 1.807) is 0 Å². The number of carbonyl (C=O) groups is 4. The Morgan fingerprint density at radius 2 is 1.86 bits per heavy atom. The Hall–Kier alpha value is -2.12. The zero-order valence-corrected chi connectivity index (χ0v) is 11.9. The molecule has 0 aliphatic carbocycles. The molecule has 0 bridgehead atoms. The highest BCUT2D eigenvalue weighted by Crippen LogP contribution is 2.36. The summed E-state index contributed by atoms with van der Waals surface area (Å²) in [5.74, 6) is -1.93. The average Bonchev–Trinajstić information content (AvgIpc) is 2.83. The van der Waals surface area contributed by atoms with Crippen LogP contribution >= 0.6 is 0 Å². The molecule has 0 saturated carbocycles. The largest absolute Gasteiger partial charge is 0.481 e. The van der Waals surface area contributed by atoms with Crippen molar-refractivity contribution in [2.24, 2.45) is 5.41 Å². The average molecular weight is 297 g/mol. The van der Waals surface area contributed by atoms with Gasteiger partial charge in [0.25, 0.3) is 0 Å². The van der Waals surface area contributed by atoms with Gasteiger partial charge in [0.2, 0.25) is 11.8 Å². The Kier molecular flexibility index (Phi) is 4.15. The fourth-order valence-corrected chi connectivity index (χ4v) is 2.97. The summed E-state index contributed by atoms with van der Waals surface area (Å²) in [5.41, 5.74) is -0.910. The molecule has 0 aromatic heterocycles. The monoisotopic (exact) mass is 297 g/mol. The highest BCUT2D eigenvalue weighted by molar-refractivity contribution is 6.02. The molecule has 2 aliphatic heterocycles. The molecule has 2 aliphatic rings. The fourth-order valence-electron chi connectivity index (χ4n) is 2.97. The molecule has 2 heterocycles. The Balaban J connectivity index is 2.06. The van der Waals surface area contributed by atoms with E-state index < -0.39 is 29.2 Å². The van der Waals surface area contributed by atoms with E-state index in [4.69, 9.17) is 0 Å². The van der Waals surface area contributed by atoms with Gasteiger partial charge in [-0.2, -0.15) is 0 Å². The van der Waals surface area contributed by atoms with Crippen molar-refractivity contribution in [2.75, 3.05) is 26.2 Å². The van der Waals surface area contributed by atoms with Gasteiger partial charge in [-0.05, 0) is 12.8 Å². The van der Waals surface area contributed by atoms with Crippen LogP contribution in [-0.2, 0) is 14.4 Å². The van der Waals surface area contributed by atoms with E-state index in [-0.39, 0.29) is 19.6 Å². The molecular formula is C13H19N3O5. The third kappa shape index (κ3) is 2.98. The molecule has 0 aromatic carbocycles. The van der Waals surface area contributed by atoms with Gasteiger partial charge in [0.05, 0.1) is 5.41 Å². The number of nitrogens with zero attached hydrogens (tertiary/aromatic N) is 2. The van der Waals surface area contributed by atoms with Crippen LogP contribution in [0.15, 0.2) is 0 Å². The van der Waals surface area contributed by atoms with Crippen LogP contribution in [0, 0.1) is 5.41 Å². The van der Waals surface area contributed by atoms with Gasteiger partial charge in [-0.25, -0.2) is 4.79 Å². The normalized spacial score (nSPS) is 26.0. The molecule has 8 heteroatoms. The predicted octanol–water partition coefficient (Wildman–Crippen LogP) is -0.358. The van der Waals surface area contributed by atoms with E-state index in [0.717, 1.165) is 11.3 Å². The molecule has 2 rings (SSSR count). The number of aliphatic carboxylic acids is 1. The number of carboxylic acid groups (broad SMARTS) is 1. The van der Waals surface area contributed by atoms with E-state index in [0.29, 0.717) is 19.4 Å². The van der Waals surface area contributed by atoms with Crippen LogP contribution in [-0.4, -0.2) is 64.9 Å². The summed E-state index contributed by atoms with van der Waals surface area (Å²) in [6, 6.07) is -0.447. The number of likely N-dealkylation sites (tertiary alicyclic amines) is 1. The number of imide groups is 1. The molecule has 0 aromatic rings. The minimum Gasteiger partial charge on any atom is -0.481 e. The summed E-state index contributed by atoms with van der Waals surface area (Å²) >= 11 is 0. The van der Waals surface area contributed by atoms with E-state index in [9.17, 15) is 24.3 Å². The number of carbonyl (C=O) groups excluding carboxylic acids is 3. The van der Waals surface area contributed by atoms with Crippen LogP contribution in [0.3, 0.4) is 0 Å². The number of hydrogen-bond acceptors (Lipinski definition) is 4. The smallest absolute Gasteiger partial charge is 0.320 e. The van der Waals surface area contributed by atoms with Crippen LogP contribution in [0.1, 0.15) is 26.2 Å². The fraction of sp³-hybridized carbons (Fsp3) is 0.692. The SMILES string of the molecule is CCCC1(C(=O)O)CCN(C(=O)N2CC(=O)NC(=O)C2)C1. The lowest BCUT2D eigenvalue weighted by Crippen LogP contribution is -2.56. The molecule has 0 radical (unpaired) electrons. The Morgan fingerprint density at radius 3 is 2.38 bits per heavy atom. The molecule has 2 saturated heterocycles. The van der Waals surface area contributed by atoms with Crippen molar-refractivity contribution >= 4 is 23.8 Å². The Bertz CT molecular complexity index is 476. The molecule has 1 unspecified atom stereocenters. The lowest BCUT2D eigenvalue weighted by atomic mass is 9.83. The molecule has 2 N–H and O–H groups in total. The first-order valence-corrected chi connectivity index (χ1v) is 6.98. The maximum absolute atomic E-state index is 12.3. The summed E-state index contributed by atoms with van der Waals surface area (Å²) in [6.07, 6.45) is 1.63. The summed E-state index contributed by atoms with van der Waals surface area (Å²) in [7, 11) is 0. The summed E-state index contributed by atoms with van der Waals surface area (Å²) < 4.78 is 0. The van der Waals surface area contributed by atoms with Crippen molar-refractivity contribution < 1.29 is 24.3 Å². The number of hydrogen-bond donors (Lipinski definition) is 2. The van der Waals surface area contributed by atoms with Crippen molar-refractivity contribution in [1.82, 2.24) is 15.1 Å². The predicted molar refractivity (Wildman–Crippen MR) is 71.3 cm³/mol. The van der Waals surface area contributed by atoms with Gasteiger partial charge in [0.15, 0.2) is 0 Å². The first kappa shape index (κ1) is 15.3. The van der Waals surface area contributed by atoms with Crippen LogP contribution < -0.4 is 5.32 Å². The molecule has 116 valence electrons. The number of nitrogens with one attached hydrogen (secondary N) is 1. The van der Waals surface area contributed by atoms with E-state index >= 15 is 0 Å². The minimum atomic E-state index is -0.910. The second-order valence-electron chi connectivity index (χ2n) is 5.62. The third-order valence-corrected chi connectivity index (χ3v) is 4.02. The molecular weight excluding hydrogens is 278 g/mol. The van der Waals surface area contributed by atoms with Gasteiger partial charge in [-0.1, -0.05) is 13.3 Å². The summed E-state index contributed by atoms with van der Waals surface area (Å²) in [5, 5.41) is 11.5. The number of amides is 4. The van der Waals surface area contributed by atoms with Crippen molar-refractivity contribution in [3.8, 4) is 0 Å². The zero-order chi connectivity index (χ0) is 15.6. The van der Waals surface area contributed by atoms with Gasteiger partial charge in [-0.3, -0.25) is 19.7 Å². The second kappa shape index (κ2) is 5.71. The third-order valence-electron chi connectivity index (χ3n) is 4.02. The molecule has 1 atom stereocenters. The standard InChI is InChI=1S/C13H19N3O5/c1-2-3-13(11(19)20)4-5-15(8-13)12(21)16-6-9(17)14-10(18)7-16/h2-8H2,1H3,(H,19,20)(H,14,17,18). The first-order valence-electron chi connectivity index (χ1n) is 6.98. The molecule has 21 heavy (non-hydrogen) atoms. The molecule has 8 nitrogen and oxygen atoms in total. The Labute approximate surface area is 122 Å². The number of urea groups is 1. The first-order chi connectivity index (χ1) is 9.88. The highest BCUT2D eigenvalue weighted by Gasteiger charge is 2.46. The minimum absolute atomic E-state index is 0.126. The van der Waals surface area contributed by atoms with Crippen LogP contribution in [0.25, 0.3) is 0 Å². The van der Waals surface area contributed by atoms with Crippen LogP contribution in [0.2, 0.25) is 0 Å². The summed E-state index contributed by atoms with van der Waals surface area (Å²) in [4.78, 5) is 49.0. The van der Waals surface area contributed by atoms with Gasteiger partial charge in [-0.15, -0.1) is 0 Å². The highest BCUT2D eigenvalue weighted by atomic mass is 16.4.